The monoisotopic (exact) mass is 213 g/mol. The van der Waals surface area contributed by atoms with Crippen molar-refractivity contribution in [1.29, 1.82) is 0 Å². The molecule has 1 atom stereocenters. The highest BCUT2D eigenvalue weighted by Gasteiger charge is 2.12. The molecule has 84 valence electrons. The molecule has 0 aliphatic heterocycles. The van der Waals surface area contributed by atoms with E-state index in [1.165, 1.54) is 12.1 Å². The summed E-state index contributed by atoms with van der Waals surface area (Å²) >= 11 is 0. The van der Waals surface area contributed by atoms with Crippen LogP contribution in [-0.4, -0.2) is 6.54 Å². The van der Waals surface area contributed by atoms with Gasteiger partial charge >= 0.3 is 0 Å². The molecule has 3 heteroatoms. The highest BCUT2D eigenvalue weighted by molar-refractivity contribution is 5.27. The zero-order chi connectivity index (χ0) is 11.4. The molecule has 0 aromatic heterocycles. The van der Waals surface area contributed by atoms with Gasteiger partial charge in [-0.15, -0.1) is 0 Å². The number of hydrogen-bond donors (Lipinski definition) is 1. The first kappa shape index (κ1) is 12.1. The van der Waals surface area contributed by atoms with E-state index in [1.807, 2.05) is 13.8 Å². The average Bonchev–Trinajstić information content (AvgIpc) is 2.20. The number of rotatable bonds is 4. The van der Waals surface area contributed by atoms with Crippen molar-refractivity contribution in [2.45, 2.75) is 33.2 Å². The summed E-state index contributed by atoms with van der Waals surface area (Å²) < 4.78 is 26.7. The molecule has 0 aliphatic rings. The van der Waals surface area contributed by atoms with Crippen LogP contribution in [0, 0.1) is 18.6 Å². The first-order valence-electron chi connectivity index (χ1n) is 5.25. The molecule has 0 fully saturated rings. The van der Waals surface area contributed by atoms with Crippen molar-refractivity contribution in [3.8, 4) is 0 Å². The van der Waals surface area contributed by atoms with Crippen molar-refractivity contribution in [3.63, 3.8) is 0 Å². The Kier molecular flexibility index (Phi) is 4.21. The number of aryl methyl sites for hydroxylation is 1. The fourth-order valence-corrected chi connectivity index (χ4v) is 1.46. The summed E-state index contributed by atoms with van der Waals surface area (Å²) in [7, 11) is 0. The molecule has 0 amide bonds. The lowest BCUT2D eigenvalue weighted by molar-refractivity contribution is 0.516. The quantitative estimate of drug-likeness (QED) is 0.808. The highest BCUT2D eigenvalue weighted by Crippen LogP contribution is 2.20. The molecule has 0 bridgehead atoms. The van der Waals surface area contributed by atoms with Crippen molar-refractivity contribution in [2.24, 2.45) is 0 Å². The Bertz CT molecular complexity index is 337. The van der Waals surface area contributed by atoms with Crippen LogP contribution in [0.5, 0.6) is 0 Å². The standard InChI is InChI=1S/C12H17F2N/c1-4-5-15-9(3)10-7-11(13)8(2)6-12(10)14/h6-7,9,15H,4-5H2,1-3H3. The molecule has 1 aromatic carbocycles. The van der Waals surface area contributed by atoms with Gasteiger partial charge in [0.25, 0.3) is 0 Å². The Morgan fingerprint density at radius 3 is 2.53 bits per heavy atom. The van der Waals surface area contributed by atoms with Crippen LogP contribution in [0.25, 0.3) is 0 Å². The maximum absolute atomic E-state index is 13.5. The Labute approximate surface area is 89.5 Å². The van der Waals surface area contributed by atoms with E-state index in [0.29, 0.717) is 11.1 Å². The molecule has 0 saturated heterocycles. The molecular weight excluding hydrogens is 196 g/mol. The lowest BCUT2D eigenvalue weighted by Crippen LogP contribution is -2.20. The van der Waals surface area contributed by atoms with Gasteiger partial charge in [0, 0.05) is 11.6 Å². The summed E-state index contributed by atoms with van der Waals surface area (Å²) in [6.07, 6.45) is 0.973. The van der Waals surface area contributed by atoms with Crippen LogP contribution in [0.3, 0.4) is 0 Å². The minimum absolute atomic E-state index is 0.153. The lowest BCUT2D eigenvalue weighted by Gasteiger charge is -2.15. The van der Waals surface area contributed by atoms with E-state index >= 15 is 0 Å². The van der Waals surface area contributed by atoms with Crippen LogP contribution in [-0.2, 0) is 0 Å². The van der Waals surface area contributed by atoms with E-state index in [1.54, 1.807) is 6.92 Å². The second kappa shape index (κ2) is 5.21. The van der Waals surface area contributed by atoms with Crippen molar-refractivity contribution < 1.29 is 8.78 Å². The van der Waals surface area contributed by atoms with Gasteiger partial charge in [-0.2, -0.15) is 0 Å². The fraction of sp³-hybridized carbons (Fsp3) is 0.500. The molecule has 0 radical (unpaired) electrons. The molecule has 1 unspecified atom stereocenters. The van der Waals surface area contributed by atoms with E-state index in [2.05, 4.69) is 5.32 Å². The van der Waals surface area contributed by atoms with Gasteiger partial charge in [0.2, 0.25) is 0 Å². The summed E-state index contributed by atoms with van der Waals surface area (Å²) in [5.41, 5.74) is 0.741. The smallest absolute Gasteiger partial charge is 0.128 e. The first-order valence-corrected chi connectivity index (χ1v) is 5.25. The predicted molar refractivity (Wildman–Crippen MR) is 57.8 cm³/mol. The molecule has 15 heavy (non-hydrogen) atoms. The summed E-state index contributed by atoms with van der Waals surface area (Å²) in [5, 5.41) is 3.13. The number of nitrogens with one attached hydrogen (secondary N) is 1. The minimum atomic E-state index is -0.350. The molecule has 1 rings (SSSR count). The van der Waals surface area contributed by atoms with Crippen LogP contribution in [0.15, 0.2) is 12.1 Å². The molecule has 0 saturated carbocycles. The van der Waals surface area contributed by atoms with Crippen LogP contribution in [0.2, 0.25) is 0 Å². The third-order valence-electron chi connectivity index (χ3n) is 2.44. The minimum Gasteiger partial charge on any atom is -0.310 e. The lowest BCUT2D eigenvalue weighted by atomic mass is 10.0. The van der Waals surface area contributed by atoms with Gasteiger partial charge < -0.3 is 5.32 Å². The normalized spacial score (nSPS) is 12.9. The van der Waals surface area contributed by atoms with Gasteiger partial charge in [0.1, 0.15) is 11.6 Å². The van der Waals surface area contributed by atoms with Gasteiger partial charge in [-0.25, -0.2) is 8.78 Å². The Balaban J connectivity index is 2.88. The van der Waals surface area contributed by atoms with Gasteiger partial charge in [-0.1, -0.05) is 6.92 Å². The molecule has 1 N–H and O–H groups in total. The van der Waals surface area contributed by atoms with E-state index in [4.69, 9.17) is 0 Å². The summed E-state index contributed by atoms with van der Waals surface area (Å²) in [6, 6.07) is 2.37. The first-order chi connectivity index (χ1) is 7.06. The van der Waals surface area contributed by atoms with E-state index < -0.39 is 0 Å². The van der Waals surface area contributed by atoms with Crippen molar-refractivity contribution in [3.05, 3.63) is 34.9 Å². The van der Waals surface area contributed by atoms with Crippen molar-refractivity contribution in [1.82, 2.24) is 5.32 Å². The van der Waals surface area contributed by atoms with Gasteiger partial charge in [0.05, 0.1) is 0 Å². The van der Waals surface area contributed by atoms with E-state index in [0.717, 1.165) is 13.0 Å². The number of hydrogen-bond acceptors (Lipinski definition) is 1. The Morgan fingerprint density at radius 2 is 1.93 bits per heavy atom. The van der Waals surface area contributed by atoms with Crippen LogP contribution < -0.4 is 5.32 Å². The zero-order valence-electron chi connectivity index (χ0n) is 9.40. The Morgan fingerprint density at radius 1 is 1.27 bits per heavy atom. The topological polar surface area (TPSA) is 12.0 Å². The second-order valence-electron chi connectivity index (χ2n) is 3.80. The molecule has 0 spiro atoms. The van der Waals surface area contributed by atoms with Gasteiger partial charge in [-0.3, -0.25) is 0 Å². The largest absolute Gasteiger partial charge is 0.310 e. The summed E-state index contributed by atoms with van der Waals surface area (Å²) in [6.45, 7) is 6.23. The summed E-state index contributed by atoms with van der Waals surface area (Å²) in [4.78, 5) is 0. The van der Waals surface area contributed by atoms with Gasteiger partial charge in [-0.05, 0) is 44.5 Å². The van der Waals surface area contributed by atoms with Crippen molar-refractivity contribution in [2.75, 3.05) is 6.54 Å². The van der Waals surface area contributed by atoms with Crippen LogP contribution in [0.1, 0.15) is 37.4 Å². The Hall–Kier alpha value is -0.960. The predicted octanol–water partition coefficient (Wildman–Crippen LogP) is 3.33. The highest BCUT2D eigenvalue weighted by atomic mass is 19.1. The van der Waals surface area contributed by atoms with Crippen LogP contribution in [0.4, 0.5) is 8.78 Å². The zero-order valence-corrected chi connectivity index (χ0v) is 9.40. The van der Waals surface area contributed by atoms with Crippen molar-refractivity contribution >= 4 is 0 Å². The number of benzene rings is 1. The second-order valence-corrected chi connectivity index (χ2v) is 3.80. The molecule has 1 nitrogen and oxygen atoms in total. The van der Waals surface area contributed by atoms with Crippen LogP contribution >= 0.6 is 0 Å². The SMILES string of the molecule is CCCNC(C)c1cc(F)c(C)cc1F. The number of halogens is 2. The molecule has 0 aliphatic carbocycles. The van der Waals surface area contributed by atoms with E-state index in [9.17, 15) is 8.78 Å². The maximum Gasteiger partial charge on any atom is 0.128 e. The molecular formula is C12H17F2N. The summed E-state index contributed by atoms with van der Waals surface area (Å²) in [5.74, 6) is -0.693. The fourth-order valence-electron chi connectivity index (χ4n) is 1.46. The molecule has 1 aromatic rings. The van der Waals surface area contributed by atoms with E-state index in [-0.39, 0.29) is 17.7 Å². The molecule has 0 heterocycles. The third-order valence-corrected chi connectivity index (χ3v) is 2.44. The average molecular weight is 213 g/mol. The van der Waals surface area contributed by atoms with Gasteiger partial charge in [0.15, 0.2) is 0 Å². The third kappa shape index (κ3) is 2.99. The maximum atomic E-state index is 13.5.